The van der Waals surface area contributed by atoms with Gasteiger partial charge in [0.1, 0.15) is 0 Å². The summed E-state index contributed by atoms with van der Waals surface area (Å²) in [6.45, 7) is 1.95. The SMILES string of the molecule is COc1cc2c(c(F)c1OC)CC(C)NN=C2c1ccc(Cl)cc1. The van der Waals surface area contributed by atoms with Gasteiger partial charge in [-0.3, -0.25) is 0 Å². The number of benzene rings is 2. The highest BCUT2D eigenvalue weighted by Crippen LogP contribution is 2.37. The Morgan fingerprint density at radius 1 is 1.21 bits per heavy atom. The minimum atomic E-state index is -0.413. The molecule has 0 radical (unpaired) electrons. The lowest BCUT2D eigenvalue weighted by atomic mass is 9.93. The topological polar surface area (TPSA) is 42.9 Å². The first kappa shape index (κ1) is 16.6. The van der Waals surface area contributed by atoms with Crippen LogP contribution in [0.1, 0.15) is 23.6 Å². The normalized spacial score (nSPS) is 16.5. The van der Waals surface area contributed by atoms with Crippen molar-refractivity contribution >= 4 is 17.3 Å². The molecule has 3 rings (SSSR count). The van der Waals surface area contributed by atoms with Crippen molar-refractivity contribution < 1.29 is 13.9 Å². The van der Waals surface area contributed by atoms with Crippen molar-refractivity contribution in [1.29, 1.82) is 0 Å². The molecule has 0 aromatic heterocycles. The zero-order valence-corrected chi connectivity index (χ0v) is 14.4. The van der Waals surface area contributed by atoms with E-state index in [0.717, 1.165) is 5.56 Å². The van der Waals surface area contributed by atoms with E-state index in [-0.39, 0.29) is 11.8 Å². The zero-order chi connectivity index (χ0) is 17.3. The van der Waals surface area contributed by atoms with Gasteiger partial charge in [-0.15, -0.1) is 0 Å². The summed E-state index contributed by atoms with van der Waals surface area (Å²) in [6, 6.07) is 9.04. The predicted octanol–water partition coefficient (Wildman–Crippen LogP) is 3.78. The van der Waals surface area contributed by atoms with Crippen LogP contribution < -0.4 is 14.9 Å². The number of nitrogens with one attached hydrogen (secondary N) is 1. The quantitative estimate of drug-likeness (QED) is 0.917. The fourth-order valence-electron chi connectivity index (χ4n) is 2.81. The molecule has 4 nitrogen and oxygen atoms in total. The van der Waals surface area contributed by atoms with E-state index < -0.39 is 5.82 Å². The van der Waals surface area contributed by atoms with Crippen LogP contribution in [-0.4, -0.2) is 26.0 Å². The third-order valence-electron chi connectivity index (χ3n) is 3.99. The smallest absolute Gasteiger partial charge is 0.197 e. The second-order valence-corrected chi connectivity index (χ2v) is 6.09. The van der Waals surface area contributed by atoms with Gasteiger partial charge in [-0.05, 0) is 31.5 Å². The van der Waals surface area contributed by atoms with Crippen molar-refractivity contribution in [1.82, 2.24) is 5.43 Å². The first-order valence-electron chi connectivity index (χ1n) is 7.58. The van der Waals surface area contributed by atoms with Gasteiger partial charge in [0.15, 0.2) is 17.3 Å². The lowest BCUT2D eigenvalue weighted by Crippen LogP contribution is -2.22. The molecule has 24 heavy (non-hydrogen) atoms. The van der Waals surface area contributed by atoms with Gasteiger partial charge in [-0.2, -0.15) is 5.10 Å². The average molecular weight is 349 g/mol. The molecule has 0 aliphatic carbocycles. The zero-order valence-electron chi connectivity index (χ0n) is 13.7. The lowest BCUT2D eigenvalue weighted by Gasteiger charge is -2.16. The molecular formula is C18H18ClFN2O2. The van der Waals surface area contributed by atoms with Gasteiger partial charge in [-0.25, -0.2) is 4.39 Å². The van der Waals surface area contributed by atoms with Gasteiger partial charge in [0.05, 0.1) is 19.9 Å². The third kappa shape index (κ3) is 2.91. The molecule has 1 aliphatic heterocycles. The standard InChI is InChI=1S/C18H18ClFN2O2/c1-10-8-13-14(9-15(23-2)18(24-3)16(13)20)17(22-21-10)11-4-6-12(19)7-5-11/h4-7,9-10,21H,8H2,1-3H3. The largest absolute Gasteiger partial charge is 0.493 e. The molecule has 2 aromatic rings. The Balaban J connectivity index is 2.24. The Labute approximate surface area is 145 Å². The van der Waals surface area contributed by atoms with Crippen LogP contribution in [0, 0.1) is 5.82 Å². The Morgan fingerprint density at radius 3 is 2.54 bits per heavy atom. The summed E-state index contributed by atoms with van der Waals surface area (Å²) >= 11 is 5.97. The highest BCUT2D eigenvalue weighted by atomic mass is 35.5. The first-order valence-corrected chi connectivity index (χ1v) is 7.95. The highest BCUT2D eigenvalue weighted by molar-refractivity contribution is 6.30. The summed E-state index contributed by atoms with van der Waals surface area (Å²) in [4.78, 5) is 0. The number of hydrazone groups is 1. The summed E-state index contributed by atoms with van der Waals surface area (Å²) in [7, 11) is 2.92. The molecule has 0 saturated heterocycles. The van der Waals surface area contributed by atoms with Crippen LogP contribution in [0.2, 0.25) is 5.02 Å². The number of nitrogens with zero attached hydrogens (tertiary/aromatic N) is 1. The third-order valence-corrected chi connectivity index (χ3v) is 4.24. The van der Waals surface area contributed by atoms with Gasteiger partial charge < -0.3 is 14.9 Å². The fourth-order valence-corrected chi connectivity index (χ4v) is 2.94. The molecule has 1 heterocycles. The van der Waals surface area contributed by atoms with E-state index in [9.17, 15) is 0 Å². The number of methoxy groups -OCH3 is 2. The maximum Gasteiger partial charge on any atom is 0.197 e. The Kier molecular flexibility index (Phi) is 4.62. The van der Waals surface area contributed by atoms with Gasteiger partial charge in [-0.1, -0.05) is 23.7 Å². The van der Waals surface area contributed by atoms with Crippen LogP contribution in [0.25, 0.3) is 0 Å². The number of fused-ring (bicyclic) bond motifs is 1. The van der Waals surface area contributed by atoms with Gasteiger partial charge in [0, 0.05) is 27.8 Å². The second kappa shape index (κ2) is 6.69. The van der Waals surface area contributed by atoms with E-state index >= 15 is 4.39 Å². The Bertz CT molecular complexity index is 791. The van der Waals surface area contributed by atoms with Crippen LogP contribution in [0.15, 0.2) is 35.4 Å². The van der Waals surface area contributed by atoms with E-state index in [1.807, 2.05) is 19.1 Å². The van der Waals surface area contributed by atoms with Crippen LogP contribution in [0.4, 0.5) is 4.39 Å². The van der Waals surface area contributed by atoms with Gasteiger partial charge in [0.2, 0.25) is 0 Å². The second-order valence-electron chi connectivity index (χ2n) is 5.65. The van der Waals surface area contributed by atoms with Crippen LogP contribution in [0.3, 0.4) is 0 Å². The van der Waals surface area contributed by atoms with E-state index in [1.165, 1.54) is 14.2 Å². The van der Waals surface area contributed by atoms with E-state index in [2.05, 4.69) is 10.5 Å². The van der Waals surface area contributed by atoms with Crippen LogP contribution >= 0.6 is 11.6 Å². The molecule has 0 fully saturated rings. The molecule has 0 amide bonds. The molecule has 0 spiro atoms. The molecule has 1 N–H and O–H groups in total. The summed E-state index contributed by atoms with van der Waals surface area (Å²) in [5, 5.41) is 5.11. The summed E-state index contributed by atoms with van der Waals surface area (Å²) in [5.74, 6) is 0.0369. The van der Waals surface area contributed by atoms with Crippen molar-refractivity contribution in [2.45, 2.75) is 19.4 Å². The van der Waals surface area contributed by atoms with Crippen molar-refractivity contribution in [3.63, 3.8) is 0 Å². The molecule has 0 saturated carbocycles. The van der Waals surface area contributed by atoms with E-state index in [4.69, 9.17) is 21.1 Å². The molecule has 1 unspecified atom stereocenters. The first-order chi connectivity index (χ1) is 11.5. The van der Waals surface area contributed by atoms with Crippen LogP contribution in [0.5, 0.6) is 11.5 Å². The van der Waals surface area contributed by atoms with Crippen LogP contribution in [-0.2, 0) is 6.42 Å². The Hall–Kier alpha value is -2.27. The number of ether oxygens (including phenoxy) is 2. The van der Waals surface area contributed by atoms with Crippen molar-refractivity contribution in [3.8, 4) is 11.5 Å². The molecule has 1 aliphatic rings. The monoisotopic (exact) mass is 348 g/mol. The summed E-state index contributed by atoms with van der Waals surface area (Å²) in [5.41, 5.74) is 5.79. The predicted molar refractivity (Wildman–Crippen MR) is 92.9 cm³/mol. The number of hydrogen-bond acceptors (Lipinski definition) is 4. The van der Waals surface area contributed by atoms with Crippen molar-refractivity contribution in [2.75, 3.05) is 14.2 Å². The Morgan fingerprint density at radius 2 is 1.92 bits per heavy atom. The molecule has 126 valence electrons. The minimum Gasteiger partial charge on any atom is -0.493 e. The number of rotatable bonds is 3. The maximum atomic E-state index is 15.0. The van der Waals surface area contributed by atoms with Gasteiger partial charge in [0.25, 0.3) is 0 Å². The summed E-state index contributed by atoms with van der Waals surface area (Å²) < 4.78 is 25.5. The highest BCUT2D eigenvalue weighted by Gasteiger charge is 2.26. The van der Waals surface area contributed by atoms with Crippen molar-refractivity contribution in [3.05, 3.63) is 57.9 Å². The average Bonchev–Trinajstić information content (AvgIpc) is 2.74. The molecular weight excluding hydrogens is 331 g/mol. The number of hydrogen-bond donors (Lipinski definition) is 1. The summed E-state index contributed by atoms with van der Waals surface area (Å²) in [6.07, 6.45) is 0.488. The molecule has 6 heteroatoms. The molecule has 1 atom stereocenters. The fraction of sp³-hybridized carbons (Fsp3) is 0.278. The molecule has 0 bridgehead atoms. The lowest BCUT2D eigenvalue weighted by molar-refractivity contribution is 0.335. The maximum absolute atomic E-state index is 15.0. The molecule has 2 aromatic carbocycles. The number of halogens is 2. The van der Waals surface area contributed by atoms with E-state index in [0.29, 0.717) is 34.0 Å². The minimum absolute atomic E-state index is 0.0128. The van der Waals surface area contributed by atoms with Gasteiger partial charge >= 0.3 is 0 Å². The van der Waals surface area contributed by atoms with E-state index in [1.54, 1.807) is 18.2 Å². The van der Waals surface area contributed by atoms with Crippen molar-refractivity contribution in [2.24, 2.45) is 5.10 Å².